The number of hydrogen-bond acceptors (Lipinski definition) is 2. The largest absolute Gasteiger partial charge is 0.416 e. The summed E-state index contributed by atoms with van der Waals surface area (Å²) in [6.07, 6.45) is -3.38. The first-order chi connectivity index (χ1) is 9.31. The van der Waals surface area contributed by atoms with Gasteiger partial charge in [-0.05, 0) is 44.5 Å². The third-order valence-electron chi connectivity index (χ3n) is 3.37. The van der Waals surface area contributed by atoms with Crippen LogP contribution in [0.15, 0.2) is 24.3 Å². The lowest BCUT2D eigenvalue weighted by Crippen LogP contribution is -2.39. The third kappa shape index (κ3) is 4.21. The second-order valence-corrected chi connectivity index (χ2v) is 5.21. The Morgan fingerprint density at radius 1 is 1.25 bits per heavy atom. The average Bonchev–Trinajstić information content (AvgIpc) is 2.38. The molecule has 0 saturated heterocycles. The van der Waals surface area contributed by atoms with Crippen molar-refractivity contribution >= 4 is 0 Å². The molecule has 0 aromatic heterocycles. The summed E-state index contributed by atoms with van der Waals surface area (Å²) >= 11 is 0. The molecule has 0 heterocycles. The van der Waals surface area contributed by atoms with E-state index >= 15 is 0 Å². The van der Waals surface area contributed by atoms with Gasteiger partial charge in [-0.2, -0.15) is 13.2 Å². The minimum absolute atomic E-state index is 0.183. The van der Waals surface area contributed by atoms with Crippen LogP contribution in [0.4, 0.5) is 13.2 Å². The number of nitrogens with zero attached hydrogens (tertiary/aromatic N) is 1. The average molecular weight is 288 g/mol. The lowest BCUT2D eigenvalue weighted by atomic mass is 10.0. The minimum Gasteiger partial charge on any atom is -0.329 e. The number of halogens is 3. The summed E-state index contributed by atoms with van der Waals surface area (Å²) in [4.78, 5) is 2.15. The van der Waals surface area contributed by atoms with Crippen molar-refractivity contribution in [3.05, 3.63) is 35.4 Å². The van der Waals surface area contributed by atoms with Crippen LogP contribution in [-0.2, 0) is 6.18 Å². The molecule has 20 heavy (non-hydrogen) atoms. The van der Waals surface area contributed by atoms with Crippen molar-refractivity contribution in [1.29, 1.82) is 0 Å². The van der Waals surface area contributed by atoms with E-state index in [9.17, 15) is 13.2 Å². The zero-order valence-electron chi connectivity index (χ0n) is 12.2. The highest BCUT2D eigenvalue weighted by Gasteiger charge is 2.31. The zero-order valence-corrected chi connectivity index (χ0v) is 12.2. The van der Waals surface area contributed by atoms with E-state index < -0.39 is 11.7 Å². The van der Waals surface area contributed by atoms with Crippen molar-refractivity contribution in [2.75, 3.05) is 13.1 Å². The van der Waals surface area contributed by atoms with Crippen LogP contribution < -0.4 is 5.73 Å². The molecule has 1 aromatic carbocycles. The summed E-state index contributed by atoms with van der Waals surface area (Å²) in [5.74, 6) is 0. The molecule has 0 amide bonds. The van der Waals surface area contributed by atoms with Crippen LogP contribution >= 0.6 is 0 Å². The molecule has 1 atom stereocenters. The van der Waals surface area contributed by atoms with Crippen molar-refractivity contribution in [1.82, 2.24) is 4.90 Å². The van der Waals surface area contributed by atoms with Crippen LogP contribution in [0, 0.1) is 0 Å². The van der Waals surface area contributed by atoms with Crippen LogP contribution in [0.25, 0.3) is 0 Å². The summed E-state index contributed by atoms with van der Waals surface area (Å²) < 4.78 is 38.4. The summed E-state index contributed by atoms with van der Waals surface area (Å²) in [5.41, 5.74) is 5.82. The molecule has 1 unspecified atom stereocenters. The lowest BCUT2D eigenvalue weighted by molar-refractivity contribution is -0.137. The number of benzene rings is 1. The Morgan fingerprint density at radius 2 is 1.90 bits per heavy atom. The molecular weight excluding hydrogens is 265 g/mol. The summed E-state index contributed by atoms with van der Waals surface area (Å²) in [5, 5.41) is 0. The summed E-state index contributed by atoms with van der Waals surface area (Å²) in [6.45, 7) is 7.24. The highest BCUT2D eigenvalue weighted by molar-refractivity contribution is 5.28. The fourth-order valence-electron chi connectivity index (χ4n) is 2.42. The van der Waals surface area contributed by atoms with Gasteiger partial charge in [0.1, 0.15) is 0 Å². The van der Waals surface area contributed by atoms with Gasteiger partial charge in [0.25, 0.3) is 0 Å². The Kier molecular flexibility index (Phi) is 6.02. The number of hydrogen-bond donors (Lipinski definition) is 1. The van der Waals surface area contributed by atoms with Gasteiger partial charge in [-0.3, -0.25) is 4.90 Å². The molecule has 0 radical (unpaired) electrons. The number of nitrogens with two attached hydrogens (primary N) is 1. The second-order valence-electron chi connectivity index (χ2n) is 5.21. The smallest absolute Gasteiger partial charge is 0.329 e. The first kappa shape index (κ1) is 17.0. The standard InChI is InChI=1S/C15H23F3N2/c1-4-8-20(11(2)3)14(10-19)12-6-5-7-13(9-12)15(16,17)18/h5-7,9,11,14H,4,8,10,19H2,1-3H3. The maximum Gasteiger partial charge on any atom is 0.416 e. The molecule has 2 nitrogen and oxygen atoms in total. The van der Waals surface area contributed by atoms with Gasteiger partial charge in [0.15, 0.2) is 0 Å². The monoisotopic (exact) mass is 288 g/mol. The number of rotatable bonds is 6. The van der Waals surface area contributed by atoms with Gasteiger partial charge >= 0.3 is 6.18 Å². The molecule has 0 bridgehead atoms. The predicted octanol–water partition coefficient (Wildman–Crippen LogP) is 3.83. The van der Waals surface area contributed by atoms with Gasteiger partial charge in [-0.1, -0.05) is 19.1 Å². The van der Waals surface area contributed by atoms with Crippen LogP contribution in [-0.4, -0.2) is 24.0 Å². The van der Waals surface area contributed by atoms with Gasteiger partial charge in [-0.25, -0.2) is 0 Å². The van der Waals surface area contributed by atoms with E-state index in [2.05, 4.69) is 11.8 Å². The molecule has 2 N–H and O–H groups in total. The predicted molar refractivity (Wildman–Crippen MR) is 75.4 cm³/mol. The molecule has 0 aliphatic heterocycles. The molecule has 114 valence electrons. The molecule has 1 rings (SSSR count). The van der Waals surface area contributed by atoms with E-state index in [4.69, 9.17) is 5.73 Å². The highest BCUT2D eigenvalue weighted by atomic mass is 19.4. The Hall–Kier alpha value is -1.07. The normalized spacial score (nSPS) is 14.1. The van der Waals surface area contributed by atoms with Gasteiger partial charge in [0.05, 0.1) is 5.56 Å². The third-order valence-corrected chi connectivity index (χ3v) is 3.37. The maximum absolute atomic E-state index is 12.8. The first-order valence-electron chi connectivity index (χ1n) is 6.94. The minimum atomic E-state index is -4.32. The molecule has 5 heteroatoms. The Balaban J connectivity index is 3.11. The molecule has 0 aliphatic rings. The highest BCUT2D eigenvalue weighted by Crippen LogP contribution is 2.32. The van der Waals surface area contributed by atoms with E-state index in [0.29, 0.717) is 12.1 Å². The first-order valence-corrected chi connectivity index (χ1v) is 6.94. The van der Waals surface area contributed by atoms with Crippen LogP contribution in [0.2, 0.25) is 0 Å². The van der Waals surface area contributed by atoms with Crippen molar-refractivity contribution in [3.63, 3.8) is 0 Å². The topological polar surface area (TPSA) is 29.3 Å². The molecular formula is C15H23F3N2. The molecule has 0 saturated carbocycles. The van der Waals surface area contributed by atoms with Crippen LogP contribution in [0.3, 0.4) is 0 Å². The summed E-state index contributed by atoms with van der Waals surface area (Å²) in [6, 6.07) is 5.53. The summed E-state index contributed by atoms with van der Waals surface area (Å²) in [7, 11) is 0. The SMILES string of the molecule is CCCN(C(C)C)C(CN)c1cccc(C(F)(F)F)c1. The van der Waals surface area contributed by atoms with Gasteiger partial charge in [-0.15, -0.1) is 0 Å². The molecule has 0 aliphatic carbocycles. The van der Waals surface area contributed by atoms with E-state index in [1.807, 2.05) is 13.8 Å². The second kappa shape index (κ2) is 7.09. The van der Waals surface area contributed by atoms with Gasteiger partial charge < -0.3 is 5.73 Å². The van der Waals surface area contributed by atoms with Crippen LogP contribution in [0.5, 0.6) is 0 Å². The quantitative estimate of drug-likeness (QED) is 0.862. The molecule has 1 aromatic rings. The van der Waals surface area contributed by atoms with Gasteiger partial charge in [0, 0.05) is 18.6 Å². The lowest BCUT2D eigenvalue weighted by Gasteiger charge is -2.34. The van der Waals surface area contributed by atoms with E-state index in [1.54, 1.807) is 6.07 Å². The maximum atomic E-state index is 12.8. The van der Waals surface area contributed by atoms with Crippen molar-refractivity contribution in [2.45, 2.75) is 45.5 Å². The Morgan fingerprint density at radius 3 is 2.35 bits per heavy atom. The van der Waals surface area contributed by atoms with E-state index in [0.717, 1.165) is 19.0 Å². The molecule has 0 spiro atoms. The zero-order chi connectivity index (χ0) is 15.3. The Labute approximate surface area is 118 Å². The fourth-order valence-corrected chi connectivity index (χ4v) is 2.42. The van der Waals surface area contributed by atoms with Crippen molar-refractivity contribution in [3.8, 4) is 0 Å². The Bertz CT molecular complexity index is 416. The van der Waals surface area contributed by atoms with E-state index in [-0.39, 0.29) is 12.1 Å². The fraction of sp³-hybridized carbons (Fsp3) is 0.600. The van der Waals surface area contributed by atoms with Crippen molar-refractivity contribution < 1.29 is 13.2 Å². The van der Waals surface area contributed by atoms with Crippen LogP contribution in [0.1, 0.15) is 44.4 Å². The molecule has 0 fully saturated rings. The van der Waals surface area contributed by atoms with Crippen molar-refractivity contribution in [2.24, 2.45) is 5.73 Å². The van der Waals surface area contributed by atoms with E-state index in [1.165, 1.54) is 12.1 Å². The van der Waals surface area contributed by atoms with Gasteiger partial charge in [0.2, 0.25) is 0 Å². The number of alkyl halides is 3.